The predicted octanol–water partition coefficient (Wildman–Crippen LogP) is 2.62. The number of thiophene rings is 1. The number of methoxy groups -OCH3 is 2. The Balaban J connectivity index is 2.50. The molecule has 0 aliphatic carbocycles. The lowest BCUT2D eigenvalue weighted by Gasteiger charge is -2.28. The van der Waals surface area contributed by atoms with Gasteiger partial charge in [-0.05, 0) is 18.4 Å². The maximum absolute atomic E-state index is 5.24. The lowest BCUT2D eigenvalue weighted by molar-refractivity contribution is -0.119. The zero-order chi connectivity index (χ0) is 12.9. The third-order valence-corrected chi connectivity index (χ3v) is 4.16. The van der Waals surface area contributed by atoms with E-state index in [-0.39, 0.29) is 17.7 Å². The Morgan fingerprint density at radius 3 is 2.47 bits per heavy atom. The summed E-state index contributed by atoms with van der Waals surface area (Å²) in [7, 11) is 3.33. The first kappa shape index (κ1) is 14.6. The number of hydrogen-bond donors (Lipinski definition) is 1. The summed E-state index contributed by atoms with van der Waals surface area (Å²) in [5.41, 5.74) is 0.133. The zero-order valence-corrected chi connectivity index (χ0v) is 12.1. The molecule has 1 unspecified atom stereocenters. The van der Waals surface area contributed by atoms with Crippen LogP contribution in [0.15, 0.2) is 17.5 Å². The lowest BCUT2D eigenvalue weighted by atomic mass is 9.91. The van der Waals surface area contributed by atoms with E-state index < -0.39 is 0 Å². The second kappa shape index (κ2) is 6.50. The highest BCUT2D eigenvalue weighted by molar-refractivity contribution is 7.10. The van der Waals surface area contributed by atoms with Gasteiger partial charge in [-0.25, -0.2) is 0 Å². The highest BCUT2D eigenvalue weighted by atomic mass is 32.1. The van der Waals surface area contributed by atoms with Gasteiger partial charge in [0.1, 0.15) is 0 Å². The van der Waals surface area contributed by atoms with E-state index in [1.807, 2.05) is 0 Å². The Kier molecular flexibility index (Phi) is 5.59. The van der Waals surface area contributed by atoms with Gasteiger partial charge < -0.3 is 14.8 Å². The molecule has 4 heteroatoms. The van der Waals surface area contributed by atoms with Crippen molar-refractivity contribution in [3.8, 4) is 0 Å². The minimum absolute atomic E-state index is 0.133. The number of nitrogens with one attached hydrogen (secondary N) is 1. The highest BCUT2D eigenvalue weighted by Crippen LogP contribution is 2.26. The molecule has 0 amide bonds. The molecule has 0 bridgehead atoms. The second-order valence-electron chi connectivity index (χ2n) is 4.87. The lowest BCUT2D eigenvalue weighted by Crippen LogP contribution is -2.44. The van der Waals surface area contributed by atoms with Crippen molar-refractivity contribution in [2.75, 3.05) is 20.8 Å². The molecule has 0 aliphatic heterocycles. The molecule has 1 atom stereocenters. The Labute approximate surface area is 108 Å². The molecule has 98 valence electrons. The van der Waals surface area contributed by atoms with E-state index >= 15 is 0 Å². The van der Waals surface area contributed by atoms with Gasteiger partial charge in [-0.2, -0.15) is 0 Å². The SMILES string of the molecule is COC(OC)C(C)NCC(C)(C)c1cccs1. The van der Waals surface area contributed by atoms with Gasteiger partial charge in [0.25, 0.3) is 0 Å². The van der Waals surface area contributed by atoms with Crippen molar-refractivity contribution in [2.24, 2.45) is 0 Å². The predicted molar refractivity (Wildman–Crippen MR) is 72.6 cm³/mol. The molecule has 1 aromatic rings. The van der Waals surface area contributed by atoms with Crippen molar-refractivity contribution in [1.82, 2.24) is 5.32 Å². The molecule has 1 N–H and O–H groups in total. The first-order valence-corrected chi connectivity index (χ1v) is 6.72. The zero-order valence-electron chi connectivity index (χ0n) is 11.3. The second-order valence-corrected chi connectivity index (χ2v) is 5.82. The summed E-state index contributed by atoms with van der Waals surface area (Å²) in [6.07, 6.45) is -0.200. The molecular formula is C13H23NO2S. The summed E-state index contributed by atoms with van der Waals surface area (Å²) < 4.78 is 10.5. The first-order chi connectivity index (χ1) is 8.01. The molecule has 17 heavy (non-hydrogen) atoms. The minimum Gasteiger partial charge on any atom is -0.354 e. The molecule has 0 aliphatic rings. The van der Waals surface area contributed by atoms with Crippen molar-refractivity contribution in [3.63, 3.8) is 0 Å². The Bertz CT molecular complexity index is 307. The molecular weight excluding hydrogens is 234 g/mol. The van der Waals surface area contributed by atoms with Crippen molar-refractivity contribution in [1.29, 1.82) is 0 Å². The van der Waals surface area contributed by atoms with Crippen LogP contribution in [0.25, 0.3) is 0 Å². The van der Waals surface area contributed by atoms with Crippen molar-refractivity contribution >= 4 is 11.3 Å². The van der Waals surface area contributed by atoms with Gasteiger partial charge in [0.15, 0.2) is 6.29 Å². The largest absolute Gasteiger partial charge is 0.354 e. The maximum atomic E-state index is 5.24. The molecule has 3 nitrogen and oxygen atoms in total. The van der Waals surface area contributed by atoms with Crippen LogP contribution in [-0.4, -0.2) is 33.1 Å². The van der Waals surface area contributed by atoms with Gasteiger partial charge in [0.2, 0.25) is 0 Å². The van der Waals surface area contributed by atoms with Crippen LogP contribution in [0.2, 0.25) is 0 Å². The number of hydrogen-bond acceptors (Lipinski definition) is 4. The standard InChI is InChI=1S/C13H23NO2S/c1-10(12(15-4)16-5)14-9-13(2,3)11-7-6-8-17-11/h6-8,10,12,14H,9H2,1-5H3. The average Bonchev–Trinajstić information content (AvgIpc) is 2.82. The highest BCUT2D eigenvalue weighted by Gasteiger charge is 2.24. The number of rotatable bonds is 7. The third-order valence-electron chi connectivity index (χ3n) is 2.93. The minimum atomic E-state index is -0.200. The molecule has 0 radical (unpaired) electrons. The van der Waals surface area contributed by atoms with Crippen molar-refractivity contribution < 1.29 is 9.47 Å². The summed E-state index contributed by atoms with van der Waals surface area (Å²) in [5, 5.41) is 5.59. The fourth-order valence-corrected chi connectivity index (χ4v) is 2.62. The van der Waals surface area contributed by atoms with Crippen LogP contribution in [0.3, 0.4) is 0 Å². The normalized spacial score (nSPS) is 14.2. The maximum Gasteiger partial charge on any atom is 0.171 e. The van der Waals surface area contributed by atoms with Gasteiger partial charge in [-0.15, -0.1) is 11.3 Å². The van der Waals surface area contributed by atoms with Crippen LogP contribution in [-0.2, 0) is 14.9 Å². The van der Waals surface area contributed by atoms with Gasteiger partial charge in [-0.1, -0.05) is 19.9 Å². The smallest absolute Gasteiger partial charge is 0.171 e. The Morgan fingerprint density at radius 2 is 2.00 bits per heavy atom. The summed E-state index contributed by atoms with van der Waals surface area (Å²) in [4.78, 5) is 1.39. The van der Waals surface area contributed by atoms with Crippen molar-refractivity contribution in [2.45, 2.75) is 38.5 Å². The molecule has 0 saturated carbocycles. The van der Waals surface area contributed by atoms with Gasteiger partial charge in [0.05, 0.1) is 6.04 Å². The summed E-state index contributed by atoms with van der Waals surface area (Å²) in [6.45, 7) is 7.46. The summed E-state index contributed by atoms with van der Waals surface area (Å²) in [6, 6.07) is 4.45. The van der Waals surface area contributed by atoms with E-state index in [1.165, 1.54) is 4.88 Å². The van der Waals surface area contributed by atoms with Crippen LogP contribution < -0.4 is 5.32 Å². The molecule has 1 aromatic heterocycles. The van der Waals surface area contributed by atoms with E-state index in [4.69, 9.17) is 9.47 Å². The summed E-state index contributed by atoms with van der Waals surface area (Å²) >= 11 is 1.80. The Morgan fingerprint density at radius 1 is 1.35 bits per heavy atom. The van der Waals surface area contributed by atoms with Crippen LogP contribution in [0.4, 0.5) is 0 Å². The number of ether oxygens (including phenoxy) is 2. The molecule has 0 aromatic carbocycles. The molecule has 0 saturated heterocycles. The quantitative estimate of drug-likeness (QED) is 0.762. The topological polar surface area (TPSA) is 30.5 Å². The first-order valence-electron chi connectivity index (χ1n) is 5.84. The third kappa shape index (κ3) is 4.07. The van der Waals surface area contributed by atoms with E-state index in [0.717, 1.165) is 6.54 Å². The van der Waals surface area contributed by atoms with E-state index in [1.54, 1.807) is 25.6 Å². The van der Waals surface area contributed by atoms with Crippen LogP contribution in [0.1, 0.15) is 25.6 Å². The molecule has 1 rings (SSSR count). The van der Waals surface area contributed by atoms with E-state index in [9.17, 15) is 0 Å². The van der Waals surface area contributed by atoms with Crippen LogP contribution in [0.5, 0.6) is 0 Å². The monoisotopic (exact) mass is 257 g/mol. The van der Waals surface area contributed by atoms with Gasteiger partial charge >= 0.3 is 0 Å². The average molecular weight is 257 g/mol. The van der Waals surface area contributed by atoms with Gasteiger partial charge in [-0.3, -0.25) is 0 Å². The molecule has 0 spiro atoms. The fraction of sp³-hybridized carbons (Fsp3) is 0.692. The molecule has 1 heterocycles. The van der Waals surface area contributed by atoms with Crippen molar-refractivity contribution in [3.05, 3.63) is 22.4 Å². The summed E-state index contributed by atoms with van der Waals surface area (Å²) in [5.74, 6) is 0. The van der Waals surface area contributed by atoms with Crippen LogP contribution >= 0.6 is 11.3 Å². The van der Waals surface area contributed by atoms with E-state index in [0.29, 0.717) is 0 Å². The van der Waals surface area contributed by atoms with E-state index in [2.05, 4.69) is 43.6 Å². The van der Waals surface area contributed by atoms with Gasteiger partial charge in [0, 0.05) is 31.1 Å². The fourth-order valence-electron chi connectivity index (χ4n) is 1.77. The van der Waals surface area contributed by atoms with Crippen LogP contribution in [0, 0.1) is 0 Å². The Hall–Kier alpha value is -0.420. The molecule has 0 fully saturated rings.